The Morgan fingerprint density at radius 2 is 2.05 bits per heavy atom. The van der Waals surface area contributed by atoms with Crippen molar-refractivity contribution in [2.24, 2.45) is 5.92 Å². The smallest absolute Gasteiger partial charge is 0.329 e. The van der Waals surface area contributed by atoms with Crippen LogP contribution in [0.5, 0.6) is 0 Å². The van der Waals surface area contributed by atoms with Crippen LogP contribution in [-0.4, -0.2) is 49.6 Å². The molecule has 2 atom stereocenters. The SMILES string of the molecule is CC1CCCC(NC(=O)NCCS(C)(=O)=O)(C(=O)O)C1. The Labute approximate surface area is 119 Å². The van der Waals surface area contributed by atoms with Gasteiger partial charge in [-0.15, -0.1) is 0 Å². The number of aliphatic carboxylic acids is 1. The molecule has 2 unspecified atom stereocenters. The fourth-order valence-corrected chi connectivity index (χ4v) is 3.00. The van der Waals surface area contributed by atoms with E-state index in [1.807, 2.05) is 6.92 Å². The molecule has 1 saturated carbocycles. The number of hydrogen-bond acceptors (Lipinski definition) is 4. The van der Waals surface area contributed by atoms with Crippen LogP contribution in [0.3, 0.4) is 0 Å². The molecule has 3 N–H and O–H groups in total. The van der Waals surface area contributed by atoms with Crippen LogP contribution in [0.2, 0.25) is 0 Å². The number of carboxylic acids is 1. The van der Waals surface area contributed by atoms with Crippen LogP contribution >= 0.6 is 0 Å². The van der Waals surface area contributed by atoms with E-state index >= 15 is 0 Å². The summed E-state index contributed by atoms with van der Waals surface area (Å²) >= 11 is 0. The second kappa shape index (κ2) is 6.43. The van der Waals surface area contributed by atoms with Crippen LogP contribution in [-0.2, 0) is 14.6 Å². The number of carbonyl (C=O) groups is 2. The zero-order valence-electron chi connectivity index (χ0n) is 11.8. The predicted octanol–water partition coefficient (Wildman–Crippen LogP) is 0.364. The lowest BCUT2D eigenvalue weighted by Crippen LogP contribution is -2.59. The lowest BCUT2D eigenvalue weighted by atomic mass is 9.76. The maximum Gasteiger partial charge on any atom is 0.329 e. The largest absolute Gasteiger partial charge is 0.480 e. The van der Waals surface area contributed by atoms with Gasteiger partial charge in [-0.2, -0.15) is 0 Å². The molecule has 0 bridgehead atoms. The Kier molecular flexibility index (Phi) is 5.38. The zero-order valence-corrected chi connectivity index (χ0v) is 12.6. The average Bonchev–Trinajstić information content (AvgIpc) is 2.26. The third-order valence-electron chi connectivity index (χ3n) is 3.52. The highest BCUT2D eigenvalue weighted by Gasteiger charge is 2.43. The quantitative estimate of drug-likeness (QED) is 0.679. The van der Waals surface area contributed by atoms with Crippen molar-refractivity contribution in [2.75, 3.05) is 18.6 Å². The highest BCUT2D eigenvalue weighted by molar-refractivity contribution is 7.90. The van der Waals surface area contributed by atoms with Crippen molar-refractivity contribution in [3.05, 3.63) is 0 Å². The number of urea groups is 1. The van der Waals surface area contributed by atoms with Crippen LogP contribution in [0.15, 0.2) is 0 Å². The van der Waals surface area contributed by atoms with Crippen molar-refractivity contribution >= 4 is 21.8 Å². The summed E-state index contributed by atoms with van der Waals surface area (Å²) in [5.41, 5.74) is -1.24. The summed E-state index contributed by atoms with van der Waals surface area (Å²) in [5, 5.41) is 14.3. The van der Waals surface area contributed by atoms with Crippen molar-refractivity contribution in [1.29, 1.82) is 0 Å². The molecule has 8 heteroatoms. The lowest BCUT2D eigenvalue weighted by Gasteiger charge is -2.36. The van der Waals surface area contributed by atoms with Gasteiger partial charge in [-0.1, -0.05) is 19.8 Å². The fourth-order valence-electron chi connectivity index (χ4n) is 2.52. The average molecular weight is 306 g/mol. The molecule has 0 spiro atoms. The van der Waals surface area contributed by atoms with Gasteiger partial charge in [0.1, 0.15) is 15.4 Å². The van der Waals surface area contributed by atoms with Gasteiger partial charge < -0.3 is 15.7 Å². The molecule has 1 aliphatic rings. The van der Waals surface area contributed by atoms with E-state index in [0.29, 0.717) is 12.8 Å². The molecular weight excluding hydrogens is 284 g/mol. The molecule has 0 aromatic carbocycles. The van der Waals surface area contributed by atoms with Gasteiger partial charge in [-0.3, -0.25) is 0 Å². The van der Waals surface area contributed by atoms with Crippen LogP contribution in [0.1, 0.15) is 32.6 Å². The van der Waals surface area contributed by atoms with Gasteiger partial charge in [0.25, 0.3) is 0 Å². The maximum absolute atomic E-state index is 11.7. The van der Waals surface area contributed by atoms with Gasteiger partial charge in [0.05, 0.1) is 5.75 Å². The number of hydrogen-bond donors (Lipinski definition) is 3. The number of rotatable bonds is 5. The summed E-state index contributed by atoms with van der Waals surface area (Å²) in [6.07, 6.45) is 3.56. The first-order valence-corrected chi connectivity index (χ1v) is 8.68. The second-order valence-electron chi connectivity index (χ2n) is 5.60. The molecule has 1 rings (SSSR count). The number of carboxylic acid groups (broad SMARTS) is 1. The van der Waals surface area contributed by atoms with Crippen LogP contribution < -0.4 is 10.6 Å². The molecule has 0 aromatic rings. The molecule has 0 heterocycles. The molecule has 7 nitrogen and oxygen atoms in total. The minimum Gasteiger partial charge on any atom is -0.480 e. The van der Waals surface area contributed by atoms with Crippen LogP contribution in [0.4, 0.5) is 4.79 Å². The molecule has 0 saturated heterocycles. The minimum atomic E-state index is -3.15. The number of sulfone groups is 1. The number of amides is 2. The summed E-state index contributed by atoms with van der Waals surface area (Å²) in [6, 6.07) is -0.634. The fraction of sp³-hybridized carbons (Fsp3) is 0.833. The summed E-state index contributed by atoms with van der Waals surface area (Å²) < 4.78 is 21.9. The lowest BCUT2D eigenvalue weighted by molar-refractivity contribution is -0.146. The molecule has 116 valence electrons. The van der Waals surface area contributed by atoms with Crippen LogP contribution in [0.25, 0.3) is 0 Å². The molecule has 2 amide bonds. The molecule has 1 fully saturated rings. The Bertz CT molecular complexity index is 476. The predicted molar refractivity (Wildman–Crippen MR) is 74.2 cm³/mol. The van der Waals surface area contributed by atoms with Crippen LogP contribution in [0, 0.1) is 5.92 Å². The van der Waals surface area contributed by atoms with E-state index in [0.717, 1.165) is 19.1 Å². The second-order valence-corrected chi connectivity index (χ2v) is 7.86. The van der Waals surface area contributed by atoms with E-state index in [9.17, 15) is 23.1 Å². The first-order valence-electron chi connectivity index (χ1n) is 6.62. The van der Waals surface area contributed by atoms with Crippen molar-refractivity contribution in [3.8, 4) is 0 Å². The third-order valence-corrected chi connectivity index (χ3v) is 4.46. The first kappa shape index (κ1) is 16.7. The normalized spacial score (nSPS) is 26.8. The third kappa shape index (κ3) is 4.99. The van der Waals surface area contributed by atoms with E-state index < -0.39 is 27.4 Å². The van der Waals surface area contributed by atoms with Crippen molar-refractivity contribution < 1.29 is 23.1 Å². The Morgan fingerprint density at radius 1 is 1.40 bits per heavy atom. The minimum absolute atomic E-state index is 0.0318. The molecule has 1 aliphatic carbocycles. The van der Waals surface area contributed by atoms with Gasteiger partial charge in [-0.05, 0) is 18.8 Å². The maximum atomic E-state index is 11.7. The Hall–Kier alpha value is -1.31. The topological polar surface area (TPSA) is 113 Å². The van der Waals surface area contributed by atoms with Crippen molar-refractivity contribution in [2.45, 2.75) is 38.1 Å². The molecule has 0 aromatic heterocycles. The van der Waals surface area contributed by atoms with Gasteiger partial charge in [0.15, 0.2) is 0 Å². The standard InChI is InChI=1S/C12H22N2O5S/c1-9-4-3-5-12(8-9,10(15)16)14-11(17)13-6-7-20(2,18)19/h9H,3-8H2,1-2H3,(H,15,16)(H2,13,14,17). The van der Waals surface area contributed by atoms with E-state index in [2.05, 4.69) is 10.6 Å². The van der Waals surface area contributed by atoms with E-state index in [1.165, 1.54) is 0 Å². The van der Waals surface area contributed by atoms with Crippen molar-refractivity contribution in [1.82, 2.24) is 10.6 Å². The zero-order chi connectivity index (χ0) is 15.4. The molecule has 0 radical (unpaired) electrons. The van der Waals surface area contributed by atoms with Gasteiger partial charge in [0, 0.05) is 12.8 Å². The highest BCUT2D eigenvalue weighted by atomic mass is 32.2. The van der Waals surface area contributed by atoms with E-state index in [4.69, 9.17) is 0 Å². The van der Waals surface area contributed by atoms with E-state index in [1.54, 1.807) is 0 Å². The molecular formula is C12H22N2O5S. The van der Waals surface area contributed by atoms with Crippen molar-refractivity contribution in [3.63, 3.8) is 0 Å². The van der Waals surface area contributed by atoms with E-state index in [-0.39, 0.29) is 18.2 Å². The highest BCUT2D eigenvalue weighted by Crippen LogP contribution is 2.32. The van der Waals surface area contributed by atoms with Gasteiger partial charge in [-0.25, -0.2) is 18.0 Å². The summed E-state index contributed by atoms with van der Waals surface area (Å²) in [6.45, 7) is 1.93. The van der Waals surface area contributed by atoms with Gasteiger partial charge >= 0.3 is 12.0 Å². The summed E-state index contributed by atoms with van der Waals surface area (Å²) in [5.74, 6) is -0.977. The first-order chi connectivity index (χ1) is 9.15. The number of nitrogens with one attached hydrogen (secondary N) is 2. The summed E-state index contributed by atoms with van der Waals surface area (Å²) in [7, 11) is -3.15. The molecule has 20 heavy (non-hydrogen) atoms. The summed E-state index contributed by atoms with van der Waals surface area (Å²) in [4.78, 5) is 23.2. The Morgan fingerprint density at radius 3 is 2.55 bits per heavy atom. The number of carbonyl (C=O) groups excluding carboxylic acids is 1. The monoisotopic (exact) mass is 306 g/mol. The molecule has 0 aliphatic heterocycles. The van der Waals surface area contributed by atoms with Gasteiger partial charge in [0.2, 0.25) is 0 Å². The Balaban J connectivity index is 2.58.